The Morgan fingerprint density at radius 1 is 1.03 bits per heavy atom. The topological polar surface area (TPSA) is 83.0 Å². The van der Waals surface area contributed by atoms with E-state index in [0.29, 0.717) is 39.0 Å². The Labute approximate surface area is 225 Å². The molecule has 1 aliphatic heterocycles. The zero-order valence-electron chi connectivity index (χ0n) is 22.2. The molecule has 3 heterocycles. The van der Waals surface area contributed by atoms with Crippen molar-refractivity contribution in [3.8, 4) is 22.6 Å². The SMILES string of the molecule is COc1cc(N2CCN(C)CC2)ccc1Nc1ncc2sc(C(C)(C)O)c(-c3ccc(F)cc3OC)c2n1. The third-order valence-corrected chi connectivity index (χ3v) is 8.15. The third-order valence-electron chi connectivity index (χ3n) is 6.72. The molecule has 0 aliphatic carbocycles. The number of rotatable bonds is 7. The van der Waals surface area contributed by atoms with Gasteiger partial charge in [-0.1, -0.05) is 0 Å². The molecule has 2 aromatic heterocycles. The van der Waals surface area contributed by atoms with Crippen molar-refractivity contribution >= 4 is 38.9 Å². The second-order valence-electron chi connectivity index (χ2n) is 9.92. The summed E-state index contributed by atoms with van der Waals surface area (Å²) in [6, 6.07) is 10.4. The number of likely N-dealkylation sites (N-methyl/N-ethyl adjacent to an activating group) is 1. The minimum Gasteiger partial charge on any atom is -0.496 e. The number of aliphatic hydroxyl groups is 1. The van der Waals surface area contributed by atoms with Gasteiger partial charge in [0.1, 0.15) is 17.3 Å². The molecule has 1 aliphatic rings. The number of fused-ring (bicyclic) bond motifs is 1. The van der Waals surface area contributed by atoms with E-state index < -0.39 is 11.4 Å². The highest BCUT2D eigenvalue weighted by Crippen LogP contribution is 2.46. The zero-order chi connectivity index (χ0) is 27.0. The number of piperazine rings is 1. The van der Waals surface area contributed by atoms with Gasteiger partial charge in [-0.25, -0.2) is 14.4 Å². The van der Waals surface area contributed by atoms with E-state index in [0.717, 1.165) is 42.3 Å². The molecule has 4 aromatic rings. The van der Waals surface area contributed by atoms with E-state index in [1.165, 1.54) is 30.6 Å². The van der Waals surface area contributed by atoms with E-state index in [2.05, 4.69) is 33.2 Å². The van der Waals surface area contributed by atoms with Gasteiger partial charge in [-0.3, -0.25) is 0 Å². The lowest BCUT2D eigenvalue weighted by molar-refractivity contribution is 0.0831. The molecule has 0 spiro atoms. The lowest BCUT2D eigenvalue weighted by Crippen LogP contribution is -2.44. The van der Waals surface area contributed by atoms with Crippen molar-refractivity contribution in [2.45, 2.75) is 19.4 Å². The summed E-state index contributed by atoms with van der Waals surface area (Å²) in [6.07, 6.45) is 1.73. The number of hydrogen-bond donors (Lipinski definition) is 2. The summed E-state index contributed by atoms with van der Waals surface area (Å²) in [6.45, 7) is 7.40. The molecule has 38 heavy (non-hydrogen) atoms. The molecule has 0 amide bonds. The van der Waals surface area contributed by atoms with Gasteiger partial charge >= 0.3 is 0 Å². The van der Waals surface area contributed by atoms with Crippen molar-refractivity contribution in [1.29, 1.82) is 0 Å². The van der Waals surface area contributed by atoms with Crippen LogP contribution in [0.2, 0.25) is 0 Å². The first-order valence-electron chi connectivity index (χ1n) is 12.4. The monoisotopic (exact) mass is 537 g/mol. The van der Waals surface area contributed by atoms with Crippen LogP contribution in [0.5, 0.6) is 11.5 Å². The van der Waals surface area contributed by atoms with Crippen molar-refractivity contribution in [2.24, 2.45) is 0 Å². The van der Waals surface area contributed by atoms with E-state index in [1.54, 1.807) is 33.2 Å². The molecule has 5 rings (SSSR count). The molecular formula is C28H32FN5O3S. The van der Waals surface area contributed by atoms with Gasteiger partial charge in [-0.15, -0.1) is 11.3 Å². The summed E-state index contributed by atoms with van der Waals surface area (Å²) in [5.74, 6) is 1.03. The summed E-state index contributed by atoms with van der Waals surface area (Å²) in [5.41, 5.74) is 2.67. The largest absolute Gasteiger partial charge is 0.496 e. The Kier molecular flexibility index (Phi) is 7.13. The summed E-state index contributed by atoms with van der Waals surface area (Å²) in [7, 11) is 5.28. The van der Waals surface area contributed by atoms with Crippen LogP contribution >= 0.6 is 11.3 Å². The second-order valence-corrected chi connectivity index (χ2v) is 11.0. The van der Waals surface area contributed by atoms with Gasteiger partial charge in [0.25, 0.3) is 0 Å². The first-order valence-corrected chi connectivity index (χ1v) is 13.2. The number of hydrogen-bond acceptors (Lipinski definition) is 9. The molecule has 0 unspecified atom stereocenters. The molecule has 10 heteroatoms. The maximum atomic E-state index is 14.0. The number of ether oxygens (including phenoxy) is 2. The highest BCUT2D eigenvalue weighted by molar-refractivity contribution is 7.19. The van der Waals surface area contributed by atoms with Crippen LogP contribution in [0.15, 0.2) is 42.6 Å². The van der Waals surface area contributed by atoms with Crippen molar-refractivity contribution < 1.29 is 19.0 Å². The average molecular weight is 538 g/mol. The third kappa shape index (κ3) is 5.11. The predicted molar refractivity (Wildman–Crippen MR) is 151 cm³/mol. The van der Waals surface area contributed by atoms with E-state index in [1.807, 2.05) is 12.1 Å². The second kappa shape index (κ2) is 10.4. The van der Waals surface area contributed by atoms with Crippen LogP contribution in [0.25, 0.3) is 21.3 Å². The molecule has 8 nitrogen and oxygen atoms in total. The highest BCUT2D eigenvalue weighted by atomic mass is 32.1. The fourth-order valence-corrected chi connectivity index (χ4v) is 5.80. The lowest BCUT2D eigenvalue weighted by atomic mass is 9.96. The van der Waals surface area contributed by atoms with E-state index in [9.17, 15) is 9.50 Å². The van der Waals surface area contributed by atoms with Crippen LogP contribution < -0.4 is 19.7 Å². The first-order chi connectivity index (χ1) is 18.2. The quantitative estimate of drug-likeness (QED) is 0.331. The van der Waals surface area contributed by atoms with Gasteiger partial charge in [0, 0.05) is 60.0 Å². The van der Waals surface area contributed by atoms with Gasteiger partial charge in [0.05, 0.1) is 41.9 Å². The van der Waals surface area contributed by atoms with Crippen LogP contribution in [-0.4, -0.2) is 67.4 Å². The molecule has 0 bridgehead atoms. The number of aromatic nitrogens is 2. The number of nitrogens with one attached hydrogen (secondary N) is 1. The van der Waals surface area contributed by atoms with Gasteiger partial charge in [0.2, 0.25) is 5.95 Å². The van der Waals surface area contributed by atoms with Gasteiger partial charge < -0.3 is 29.7 Å². The summed E-state index contributed by atoms with van der Waals surface area (Å²) >= 11 is 1.40. The average Bonchev–Trinajstić information content (AvgIpc) is 3.28. The minimum absolute atomic E-state index is 0.365. The Hall–Kier alpha value is -3.47. The van der Waals surface area contributed by atoms with Crippen LogP contribution in [0.3, 0.4) is 0 Å². The van der Waals surface area contributed by atoms with Crippen molar-refractivity contribution in [3.05, 3.63) is 53.3 Å². The summed E-state index contributed by atoms with van der Waals surface area (Å²) in [4.78, 5) is 14.7. The summed E-state index contributed by atoms with van der Waals surface area (Å²) in [5, 5.41) is 14.3. The molecule has 0 radical (unpaired) electrons. The van der Waals surface area contributed by atoms with Gasteiger partial charge in [0.15, 0.2) is 0 Å². The van der Waals surface area contributed by atoms with E-state index in [-0.39, 0.29) is 0 Å². The lowest BCUT2D eigenvalue weighted by Gasteiger charge is -2.34. The molecule has 0 atom stereocenters. The minimum atomic E-state index is -1.16. The maximum Gasteiger partial charge on any atom is 0.227 e. The van der Waals surface area contributed by atoms with Crippen LogP contribution in [0, 0.1) is 5.82 Å². The van der Waals surface area contributed by atoms with Crippen molar-refractivity contribution in [2.75, 3.05) is 57.7 Å². The van der Waals surface area contributed by atoms with E-state index >= 15 is 0 Å². The van der Waals surface area contributed by atoms with Gasteiger partial charge in [-0.2, -0.15) is 0 Å². The predicted octanol–water partition coefficient (Wildman–Crippen LogP) is 5.24. The number of thiophene rings is 1. The molecular weight excluding hydrogens is 505 g/mol. The standard InChI is InChI=1S/C28H32FN5O3S/c1-28(2,35)26-24(19-8-6-17(29)14-21(19)36-4)25-23(38-26)16-30-27(32-25)31-20-9-7-18(15-22(20)37-5)34-12-10-33(3)11-13-34/h6-9,14-16,35H,10-13H2,1-5H3,(H,30,31,32). The fourth-order valence-electron chi connectivity index (χ4n) is 4.67. The van der Waals surface area contributed by atoms with Crippen molar-refractivity contribution in [3.63, 3.8) is 0 Å². The molecule has 1 saturated heterocycles. The highest BCUT2D eigenvalue weighted by Gasteiger charge is 2.29. The van der Waals surface area contributed by atoms with Crippen molar-refractivity contribution in [1.82, 2.24) is 14.9 Å². The Bertz CT molecular complexity index is 1460. The Balaban J connectivity index is 1.54. The van der Waals surface area contributed by atoms with E-state index in [4.69, 9.17) is 14.5 Å². The zero-order valence-corrected chi connectivity index (χ0v) is 23.0. The Morgan fingerprint density at radius 3 is 2.45 bits per heavy atom. The number of nitrogens with zero attached hydrogens (tertiary/aromatic N) is 4. The molecule has 1 fully saturated rings. The van der Waals surface area contributed by atoms with Crippen LogP contribution in [0.4, 0.5) is 21.7 Å². The maximum absolute atomic E-state index is 14.0. The first kappa shape index (κ1) is 26.1. The normalized spacial score (nSPS) is 14.7. The Morgan fingerprint density at radius 2 is 1.76 bits per heavy atom. The summed E-state index contributed by atoms with van der Waals surface area (Å²) < 4.78 is 26.0. The fraction of sp³-hybridized carbons (Fsp3) is 0.357. The molecule has 200 valence electrons. The van der Waals surface area contributed by atoms with Crippen LogP contribution in [-0.2, 0) is 5.60 Å². The van der Waals surface area contributed by atoms with Crippen LogP contribution in [0.1, 0.15) is 18.7 Å². The molecule has 0 saturated carbocycles. The number of halogens is 1. The number of anilines is 3. The molecule has 2 aromatic carbocycles. The van der Waals surface area contributed by atoms with Gasteiger partial charge in [-0.05, 0) is 45.2 Å². The number of benzene rings is 2. The smallest absolute Gasteiger partial charge is 0.227 e. The number of methoxy groups -OCH3 is 2. The molecule has 2 N–H and O–H groups in total.